The van der Waals surface area contributed by atoms with Crippen molar-refractivity contribution in [1.29, 1.82) is 0 Å². The molecule has 94 valence electrons. The van der Waals surface area contributed by atoms with Crippen LogP contribution >= 0.6 is 0 Å². The minimum absolute atomic E-state index is 0. The number of ether oxygens (including phenoxy) is 1. The smallest absolute Gasteiger partial charge is 0.731 e. The molecule has 0 fully saturated rings. The summed E-state index contributed by atoms with van der Waals surface area (Å²) in [6, 6.07) is 5.37. The third kappa shape index (κ3) is 6.36. The van der Waals surface area contributed by atoms with Crippen molar-refractivity contribution in [3.63, 3.8) is 0 Å². The Kier molecular flexibility index (Phi) is 6.87. The number of hydrogen-bond acceptors (Lipinski definition) is 5. The van der Waals surface area contributed by atoms with E-state index < -0.39 is 16.3 Å². The summed E-state index contributed by atoms with van der Waals surface area (Å²) in [5.74, 6) is -0.503. The molecule has 0 bridgehead atoms. The summed E-state index contributed by atoms with van der Waals surface area (Å²) >= 11 is 0. The van der Waals surface area contributed by atoms with E-state index >= 15 is 0 Å². The van der Waals surface area contributed by atoms with Gasteiger partial charge < -0.3 is 9.29 Å². The summed E-state index contributed by atoms with van der Waals surface area (Å²) in [5, 5.41) is 0. The number of carbonyl (C=O) groups is 1. The molecule has 1 rings (SSSR count). The van der Waals surface area contributed by atoms with Crippen LogP contribution in [0.4, 0.5) is 5.69 Å². The molecule has 0 aromatic heterocycles. The molecule has 18 heavy (non-hydrogen) atoms. The average Bonchev–Trinajstić information content (AvgIpc) is 2.15. The van der Waals surface area contributed by atoms with Gasteiger partial charge in [0.05, 0.1) is 11.7 Å². The van der Waals surface area contributed by atoms with Crippen LogP contribution in [-0.4, -0.2) is 25.0 Å². The molecule has 1 aromatic rings. The Morgan fingerprint density at radius 3 is 2.17 bits per heavy atom. The molecule has 0 saturated carbocycles. The first-order valence-corrected chi connectivity index (χ1v) is 6.23. The van der Waals surface area contributed by atoms with Gasteiger partial charge >= 0.3 is 35.5 Å². The maximum atomic E-state index is 11.4. The topological polar surface area (TPSA) is 95.5 Å². The first-order chi connectivity index (χ1) is 7.78. The fourth-order valence-electron chi connectivity index (χ4n) is 1.10. The van der Waals surface area contributed by atoms with Gasteiger partial charge in [0.15, 0.2) is 10.3 Å². The Bertz CT molecular complexity index is 498. The van der Waals surface area contributed by atoms with Crippen LogP contribution < -0.4 is 34.3 Å². The van der Waals surface area contributed by atoms with Crippen molar-refractivity contribution in [1.82, 2.24) is 0 Å². The molecule has 0 amide bonds. The number of nitrogens with one attached hydrogen (secondary N) is 1. The first kappa shape index (κ1) is 17.4. The van der Waals surface area contributed by atoms with Crippen LogP contribution in [0.3, 0.4) is 0 Å². The van der Waals surface area contributed by atoms with E-state index in [1.54, 1.807) is 18.6 Å². The van der Waals surface area contributed by atoms with Gasteiger partial charge in [0.1, 0.15) is 0 Å². The molecular formula is C10H12NNaO5S. The van der Waals surface area contributed by atoms with E-state index in [-0.39, 0.29) is 46.9 Å². The molecular weight excluding hydrogens is 269 g/mol. The molecule has 0 spiro atoms. The van der Waals surface area contributed by atoms with E-state index in [9.17, 15) is 17.8 Å². The Morgan fingerprint density at radius 1 is 1.28 bits per heavy atom. The molecule has 8 heteroatoms. The van der Waals surface area contributed by atoms with Crippen LogP contribution in [0.1, 0.15) is 24.2 Å². The molecule has 1 N–H and O–H groups in total. The molecule has 0 aliphatic rings. The van der Waals surface area contributed by atoms with Gasteiger partial charge in [0.2, 0.25) is 0 Å². The Morgan fingerprint density at radius 2 is 1.78 bits per heavy atom. The fraction of sp³-hybridized carbons (Fsp3) is 0.300. The molecule has 0 aliphatic carbocycles. The summed E-state index contributed by atoms with van der Waals surface area (Å²) in [5.41, 5.74) is 0.383. The van der Waals surface area contributed by atoms with Gasteiger partial charge in [-0.25, -0.2) is 13.2 Å². The van der Waals surface area contributed by atoms with Crippen molar-refractivity contribution in [2.45, 2.75) is 20.0 Å². The summed E-state index contributed by atoms with van der Waals surface area (Å²) in [6.07, 6.45) is -0.234. The van der Waals surface area contributed by atoms with E-state index in [0.29, 0.717) is 0 Å². The van der Waals surface area contributed by atoms with Crippen molar-refractivity contribution < 1.29 is 52.1 Å². The van der Waals surface area contributed by atoms with Crippen molar-refractivity contribution >= 4 is 22.0 Å². The van der Waals surface area contributed by atoms with Gasteiger partial charge in [0, 0.05) is 5.69 Å². The van der Waals surface area contributed by atoms with Crippen molar-refractivity contribution in [2.24, 2.45) is 0 Å². The van der Waals surface area contributed by atoms with Gasteiger partial charge in [-0.1, -0.05) is 0 Å². The monoisotopic (exact) mass is 281 g/mol. The van der Waals surface area contributed by atoms with Crippen molar-refractivity contribution in [2.75, 3.05) is 4.72 Å². The molecule has 0 aliphatic heterocycles. The van der Waals surface area contributed by atoms with E-state index in [1.807, 2.05) is 0 Å². The normalized spacial score (nSPS) is 10.7. The molecule has 0 unspecified atom stereocenters. The van der Waals surface area contributed by atoms with Crippen LogP contribution in [0.25, 0.3) is 0 Å². The summed E-state index contributed by atoms with van der Waals surface area (Å²) in [4.78, 5) is 11.4. The second kappa shape index (κ2) is 7.10. The minimum Gasteiger partial charge on any atom is -0.731 e. The van der Waals surface area contributed by atoms with Gasteiger partial charge in [-0.05, 0) is 38.1 Å². The van der Waals surface area contributed by atoms with Crippen LogP contribution in [0.15, 0.2) is 24.3 Å². The third-order valence-corrected chi connectivity index (χ3v) is 2.19. The second-order valence-corrected chi connectivity index (χ2v) is 4.70. The summed E-state index contributed by atoms with van der Waals surface area (Å²) in [6.45, 7) is 3.44. The largest absolute Gasteiger partial charge is 1.00 e. The van der Waals surface area contributed by atoms with E-state index in [4.69, 9.17) is 4.74 Å². The zero-order valence-electron chi connectivity index (χ0n) is 10.3. The van der Waals surface area contributed by atoms with Gasteiger partial charge in [-0.3, -0.25) is 4.72 Å². The standard InChI is InChI=1S/C10H13NO5S.Na/c1-7(2)16-10(12)8-3-5-9(6-4-8)11-17(13,14)15;/h3-7,11H,1-2H3,(H,13,14,15);/q;+1/p-1. The summed E-state index contributed by atoms with van der Waals surface area (Å²) < 4.78 is 37.9. The first-order valence-electron chi connectivity index (χ1n) is 4.82. The molecule has 0 atom stereocenters. The number of hydrogen-bond donors (Lipinski definition) is 1. The summed E-state index contributed by atoms with van der Waals surface area (Å²) in [7, 11) is -4.55. The Labute approximate surface area is 128 Å². The van der Waals surface area contributed by atoms with Gasteiger partial charge in [-0.2, -0.15) is 0 Å². The van der Waals surface area contributed by atoms with Crippen LogP contribution in [-0.2, 0) is 15.0 Å². The third-order valence-electron chi connectivity index (χ3n) is 1.71. The average molecular weight is 281 g/mol. The fourth-order valence-corrected chi connectivity index (χ4v) is 1.53. The number of benzene rings is 1. The number of rotatable bonds is 4. The second-order valence-electron chi connectivity index (χ2n) is 3.59. The predicted octanol–water partition coefficient (Wildman–Crippen LogP) is -1.87. The Hall–Kier alpha value is -0.600. The molecule has 0 heterocycles. The number of carbonyl (C=O) groups excluding carboxylic acids is 1. The van der Waals surface area contributed by atoms with E-state index in [1.165, 1.54) is 24.3 Å². The predicted molar refractivity (Wildman–Crippen MR) is 60.3 cm³/mol. The molecule has 1 aromatic carbocycles. The van der Waals surface area contributed by atoms with Crippen molar-refractivity contribution in [3.05, 3.63) is 29.8 Å². The number of anilines is 1. The number of esters is 1. The van der Waals surface area contributed by atoms with E-state index in [0.717, 1.165) is 0 Å². The molecule has 0 saturated heterocycles. The van der Waals surface area contributed by atoms with Gasteiger partial charge in [-0.15, -0.1) is 0 Å². The van der Waals surface area contributed by atoms with Crippen LogP contribution in [0.2, 0.25) is 0 Å². The Balaban J connectivity index is 0.00000289. The van der Waals surface area contributed by atoms with E-state index in [2.05, 4.69) is 0 Å². The maximum absolute atomic E-state index is 11.4. The molecule has 0 radical (unpaired) electrons. The minimum atomic E-state index is -4.55. The zero-order valence-corrected chi connectivity index (χ0v) is 13.2. The maximum Gasteiger partial charge on any atom is 1.00 e. The van der Waals surface area contributed by atoms with Gasteiger partial charge in [0.25, 0.3) is 0 Å². The quantitative estimate of drug-likeness (QED) is 0.396. The van der Waals surface area contributed by atoms with Crippen molar-refractivity contribution in [3.8, 4) is 0 Å². The van der Waals surface area contributed by atoms with Crippen LogP contribution in [0, 0.1) is 0 Å². The zero-order chi connectivity index (χ0) is 13.1. The van der Waals surface area contributed by atoms with Crippen LogP contribution in [0.5, 0.6) is 0 Å². The molecule has 6 nitrogen and oxygen atoms in total. The SMILES string of the molecule is CC(C)OC(=O)c1ccc(NS(=O)(=O)[O-])cc1.[Na+].